The first-order chi connectivity index (χ1) is 16.8. The molecule has 3 heterocycles. The molecular weight excluding hydrogens is 418 g/mol. The lowest BCUT2D eigenvalue weighted by atomic mass is 10.1. The summed E-state index contributed by atoms with van der Waals surface area (Å²) in [6.07, 6.45) is 1.62. The fourth-order valence-corrected chi connectivity index (χ4v) is 5.00. The lowest BCUT2D eigenvalue weighted by Gasteiger charge is -2.13. The van der Waals surface area contributed by atoms with Crippen molar-refractivity contribution in [3.8, 4) is 23.0 Å². The van der Waals surface area contributed by atoms with E-state index in [2.05, 4.69) is 70.2 Å². The zero-order valence-corrected chi connectivity index (χ0v) is 18.1. The largest absolute Gasteiger partial charge is 0.455 e. The van der Waals surface area contributed by atoms with Crippen LogP contribution in [0.4, 0.5) is 0 Å². The molecule has 0 radical (unpaired) electrons. The maximum Gasteiger partial charge on any atom is 0.145 e. The van der Waals surface area contributed by atoms with Gasteiger partial charge in [0.25, 0.3) is 0 Å². The Morgan fingerprint density at radius 3 is 2.35 bits per heavy atom. The van der Waals surface area contributed by atoms with Crippen LogP contribution in [0.2, 0.25) is 0 Å². The molecule has 0 spiro atoms. The van der Waals surface area contributed by atoms with Gasteiger partial charge < -0.3 is 8.98 Å². The summed E-state index contributed by atoms with van der Waals surface area (Å²) in [5.41, 5.74) is 7.38. The van der Waals surface area contributed by atoms with Gasteiger partial charge in [-0.1, -0.05) is 54.6 Å². The molecule has 0 N–H and O–H groups in total. The quantitative estimate of drug-likeness (QED) is 0.281. The van der Waals surface area contributed by atoms with Crippen molar-refractivity contribution in [2.45, 2.75) is 0 Å². The van der Waals surface area contributed by atoms with E-state index in [-0.39, 0.29) is 0 Å². The minimum absolute atomic E-state index is 0.547. The molecule has 4 nitrogen and oxygen atoms in total. The summed E-state index contributed by atoms with van der Waals surface area (Å²) >= 11 is 0. The molecule has 0 aliphatic rings. The first-order valence-corrected chi connectivity index (χ1v) is 11.1. The standard InChI is InChI=1S/C30H17N3O/c31-17-19-13-15-24(32-18-19)22-8-1-4-10-25(22)33-26-11-5-2-9-23(26)29-27(33)16-14-21-20-7-3-6-12-28(20)34-30(21)29/h1-16,18H. The molecule has 0 atom stereocenters. The van der Waals surface area contributed by atoms with Gasteiger partial charge in [-0.15, -0.1) is 0 Å². The van der Waals surface area contributed by atoms with E-state index >= 15 is 0 Å². The molecule has 4 aromatic carbocycles. The van der Waals surface area contributed by atoms with Crippen LogP contribution in [0.3, 0.4) is 0 Å². The molecule has 0 saturated carbocycles. The number of hydrogen-bond acceptors (Lipinski definition) is 3. The number of rotatable bonds is 2. The first kappa shape index (κ1) is 18.7. The van der Waals surface area contributed by atoms with Crippen LogP contribution in [0.25, 0.3) is 60.7 Å². The van der Waals surface area contributed by atoms with Crippen LogP contribution in [0.1, 0.15) is 5.56 Å². The molecule has 34 heavy (non-hydrogen) atoms. The maximum absolute atomic E-state index is 9.18. The summed E-state index contributed by atoms with van der Waals surface area (Å²) in [5.74, 6) is 0. The number of hydrogen-bond donors (Lipinski definition) is 0. The highest BCUT2D eigenvalue weighted by Gasteiger charge is 2.20. The van der Waals surface area contributed by atoms with Crippen LogP contribution in [0.5, 0.6) is 0 Å². The van der Waals surface area contributed by atoms with Gasteiger partial charge in [-0.25, -0.2) is 0 Å². The van der Waals surface area contributed by atoms with Crippen molar-refractivity contribution in [2.75, 3.05) is 0 Å². The van der Waals surface area contributed by atoms with Gasteiger partial charge in [0.15, 0.2) is 0 Å². The third kappa shape index (κ3) is 2.55. The predicted octanol–water partition coefficient (Wildman–Crippen LogP) is 7.62. The second-order valence-corrected chi connectivity index (χ2v) is 8.35. The Kier molecular flexibility index (Phi) is 3.88. The van der Waals surface area contributed by atoms with E-state index in [0.717, 1.165) is 60.7 Å². The van der Waals surface area contributed by atoms with Gasteiger partial charge in [0.05, 0.1) is 33.4 Å². The van der Waals surface area contributed by atoms with Crippen LogP contribution in [-0.4, -0.2) is 9.55 Å². The molecule has 158 valence electrons. The van der Waals surface area contributed by atoms with Crippen LogP contribution < -0.4 is 0 Å². The highest BCUT2D eigenvalue weighted by atomic mass is 16.3. The van der Waals surface area contributed by atoms with Gasteiger partial charge in [0, 0.05) is 27.9 Å². The average Bonchev–Trinajstić information content (AvgIpc) is 3.44. The van der Waals surface area contributed by atoms with Crippen molar-refractivity contribution >= 4 is 43.7 Å². The van der Waals surface area contributed by atoms with Crippen molar-refractivity contribution in [3.63, 3.8) is 0 Å². The van der Waals surface area contributed by atoms with E-state index in [9.17, 15) is 5.26 Å². The van der Waals surface area contributed by atoms with Crippen LogP contribution in [0, 0.1) is 11.3 Å². The van der Waals surface area contributed by atoms with Gasteiger partial charge >= 0.3 is 0 Å². The molecule has 3 aromatic heterocycles. The zero-order chi connectivity index (χ0) is 22.6. The lowest BCUT2D eigenvalue weighted by Crippen LogP contribution is -1.98. The summed E-state index contributed by atoms with van der Waals surface area (Å²) in [4.78, 5) is 4.57. The fraction of sp³-hybridized carbons (Fsp3) is 0. The number of aromatic nitrogens is 2. The molecule has 4 heteroatoms. The number of para-hydroxylation sites is 3. The lowest BCUT2D eigenvalue weighted by molar-refractivity contribution is 0.673. The van der Waals surface area contributed by atoms with E-state index in [1.165, 1.54) is 0 Å². The number of fused-ring (bicyclic) bond motifs is 7. The summed E-state index contributed by atoms with van der Waals surface area (Å²) in [7, 11) is 0. The molecular formula is C30H17N3O. The van der Waals surface area contributed by atoms with E-state index in [4.69, 9.17) is 4.42 Å². The highest BCUT2D eigenvalue weighted by Crippen LogP contribution is 2.41. The highest BCUT2D eigenvalue weighted by molar-refractivity contribution is 6.23. The number of furan rings is 1. The monoisotopic (exact) mass is 435 g/mol. The summed E-state index contributed by atoms with van der Waals surface area (Å²) in [6, 6.07) is 35.1. The van der Waals surface area contributed by atoms with Crippen molar-refractivity contribution in [1.82, 2.24) is 9.55 Å². The molecule has 0 aliphatic heterocycles. The summed E-state index contributed by atoms with van der Waals surface area (Å²) in [5, 5.41) is 13.7. The first-order valence-electron chi connectivity index (χ1n) is 11.1. The van der Waals surface area contributed by atoms with E-state index in [0.29, 0.717) is 5.56 Å². The number of nitriles is 1. The molecule has 0 amide bonds. The van der Waals surface area contributed by atoms with E-state index in [1.54, 1.807) is 6.20 Å². The predicted molar refractivity (Wildman–Crippen MR) is 136 cm³/mol. The smallest absolute Gasteiger partial charge is 0.145 e. The minimum Gasteiger partial charge on any atom is -0.455 e. The van der Waals surface area contributed by atoms with Crippen LogP contribution >= 0.6 is 0 Å². The Morgan fingerprint density at radius 1 is 0.706 bits per heavy atom. The summed E-state index contributed by atoms with van der Waals surface area (Å²) in [6.45, 7) is 0. The van der Waals surface area contributed by atoms with Crippen molar-refractivity contribution in [1.29, 1.82) is 5.26 Å². The Labute approximate surface area is 194 Å². The molecule has 7 aromatic rings. The molecule has 7 rings (SSSR count). The number of nitrogens with zero attached hydrogens (tertiary/aromatic N) is 3. The Balaban J connectivity index is 1.60. The number of benzene rings is 4. The Morgan fingerprint density at radius 2 is 1.50 bits per heavy atom. The molecule has 0 bridgehead atoms. The normalized spacial score (nSPS) is 11.5. The topological polar surface area (TPSA) is 54.8 Å². The maximum atomic E-state index is 9.18. The zero-order valence-electron chi connectivity index (χ0n) is 18.1. The van der Waals surface area contributed by atoms with Gasteiger partial charge in [0.1, 0.15) is 17.2 Å². The minimum atomic E-state index is 0.547. The van der Waals surface area contributed by atoms with Gasteiger partial charge in [-0.3, -0.25) is 4.98 Å². The SMILES string of the molecule is N#Cc1ccc(-c2ccccc2-n2c3ccccc3c3c4oc5ccccc5c4ccc32)nc1. The fourth-order valence-electron chi connectivity index (χ4n) is 5.00. The number of pyridine rings is 1. The Hall–Kier alpha value is -4.88. The van der Waals surface area contributed by atoms with Crippen molar-refractivity contribution in [3.05, 3.63) is 109 Å². The van der Waals surface area contributed by atoms with Crippen molar-refractivity contribution < 1.29 is 4.42 Å². The van der Waals surface area contributed by atoms with Gasteiger partial charge in [0.2, 0.25) is 0 Å². The van der Waals surface area contributed by atoms with Crippen LogP contribution in [0.15, 0.2) is 108 Å². The van der Waals surface area contributed by atoms with E-state index in [1.807, 2.05) is 42.5 Å². The second-order valence-electron chi connectivity index (χ2n) is 8.35. The summed E-state index contributed by atoms with van der Waals surface area (Å²) < 4.78 is 8.69. The molecule has 0 fully saturated rings. The molecule has 0 unspecified atom stereocenters. The Bertz CT molecular complexity index is 1920. The van der Waals surface area contributed by atoms with E-state index < -0.39 is 0 Å². The second kappa shape index (κ2) is 7.06. The van der Waals surface area contributed by atoms with Gasteiger partial charge in [-0.05, 0) is 42.5 Å². The third-order valence-corrected chi connectivity index (χ3v) is 6.49. The van der Waals surface area contributed by atoms with Gasteiger partial charge in [-0.2, -0.15) is 5.26 Å². The average molecular weight is 435 g/mol. The van der Waals surface area contributed by atoms with Crippen LogP contribution in [-0.2, 0) is 0 Å². The molecule has 0 aliphatic carbocycles. The third-order valence-electron chi connectivity index (χ3n) is 6.49. The molecule has 0 saturated heterocycles. The van der Waals surface area contributed by atoms with Crippen molar-refractivity contribution in [2.24, 2.45) is 0 Å².